The van der Waals surface area contributed by atoms with Crippen molar-refractivity contribution < 1.29 is 9.18 Å². The van der Waals surface area contributed by atoms with Gasteiger partial charge in [-0.2, -0.15) is 5.10 Å². The predicted octanol–water partition coefficient (Wildman–Crippen LogP) is 3.62. The topological polar surface area (TPSA) is 84.7 Å². The Balaban J connectivity index is 2.46. The van der Waals surface area contributed by atoms with Crippen molar-refractivity contribution in [2.24, 2.45) is 5.73 Å². The Bertz CT molecular complexity index is 947. The first-order valence-electron chi connectivity index (χ1n) is 7.30. The van der Waals surface area contributed by atoms with E-state index in [-0.39, 0.29) is 5.57 Å². The number of primary amides is 1. The lowest BCUT2D eigenvalue weighted by atomic mass is 10.1. The van der Waals surface area contributed by atoms with E-state index < -0.39 is 5.91 Å². The highest BCUT2D eigenvalue weighted by atomic mass is 19.1. The monoisotopic (exact) mass is 336 g/mol. The second-order valence-corrected chi connectivity index (χ2v) is 5.00. The molecular formula is C19H17FN4O. The maximum Gasteiger partial charge on any atom is 0.248 e. The molecule has 5 nitrogen and oxygen atoms in total. The molecule has 0 atom stereocenters. The molecule has 0 aromatic carbocycles. The van der Waals surface area contributed by atoms with Crippen molar-refractivity contribution in [3.05, 3.63) is 85.5 Å². The minimum Gasteiger partial charge on any atom is -0.366 e. The van der Waals surface area contributed by atoms with E-state index >= 15 is 0 Å². The van der Waals surface area contributed by atoms with Crippen LogP contribution in [0.5, 0.6) is 0 Å². The van der Waals surface area contributed by atoms with Gasteiger partial charge in [0.15, 0.2) is 5.65 Å². The van der Waals surface area contributed by atoms with Gasteiger partial charge in [-0.3, -0.25) is 9.89 Å². The third-order valence-electron chi connectivity index (χ3n) is 3.44. The van der Waals surface area contributed by atoms with Crippen LogP contribution in [0.2, 0.25) is 0 Å². The zero-order valence-electron chi connectivity index (χ0n) is 13.5. The highest BCUT2D eigenvalue weighted by Crippen LogP contribution is 2.24. The Morgan fingerprint density at radius 2 is 2.04 bits per heavy atom. The molecule has 0 saturated heterocycles. The molecule has 0 spiro atoms. The number of nitrogens with one attached hydrogen (secondary N) is 1. The predicted molar refractivity (Wildman–Crippen MR) is 98.8 cm³/mol. The molecule has 0 unspecified atom stereocenters. The molecule has 0 aliphatic rings. The van der Waals surface area contributed by atoms with E-state index in [9.17, 15) is 9.18 Å². The maximum absolute atomic E-state index is 12.2. The number of pyridine rings is 1. The highest BCUT2D eigenvalue weighted by molar-refractivity contribution is 5.98. The van der Waals surface area contributed by atoms with Crippen LogP contribution in [0.4, 0.5) is 4.39 Å². The Morgan fingerprint density at radius 3 is 2.64 bits per heavy atom. The first kappa shape index (κ1) is 17.8. The van der Waals surface area contributed by atoms with Gasteiger partial charge in [0.25, 0.3) is 0 Å². The van der Waals surface area contributed by atoms with E-state index in [2.05, 4.69) is 34.9 Å². The average Bonchev–Trinajstić information content (AvgIpc) is 3.03. The molecule has 0 radical (unpaired) electrons. The zero-order chi connectivity index (χ0) is 18.4. The number of nitrogens with two attached hydrogens (primary N) is 1. The molecular weight excluding hydrogens is 319 g/mol. The molecule has 2 aromatic heterocycles. The summed E-state index contributed by atoms with van der Waals surface area (Å²) in [6.45, 7) is 11.1. The summed E-state index contributed by atoms with van der Waals surface area (Å²) in [6, 6.07) is 3.55. The molecule has 0 fully saturated rings. The molecule has 2 aromatic rings. The van der Waals surface area contributed by atoms with E-state index in [4.69, 9.17) is 5.73 Å². The number of aromatic nitrogens is 3. The molecule has 2 heterocycles. The Hall–Kier alpha value is -3.54. The SMILES string of the molecule is C=C/C(=C\C(=C)c1ccc2c(/C(C=C)=C/C=C/F)[nH]nc2n1)C(N)=O. The van der Waals surface area contributed by atoms with Crippen LogP contribution in [0, 0.1) is 0 Å². The van der Waals surface area contributed by atoms with Crippen LogP contribution in [0.15, 0.2) is 74.2 Å². The van der Waals surface area contributed by atoms with E-state index in [1.807, 2.05) is 6.07 Å². The van der Waals surface area contributed by atoms with Gasteiger partial charge in [-0.25, -0.2) is 9.37 Å². The number of nitrogens with zero attached hydrogens (tertiary/aromatic N) is 2. The lowest BCUT2D eigenvalue weighted by molar-refractivity contribution is -0.114. The molecule has 2 rings (SSSR count). The van der Waals surface area contributed by atoms with E-state index in [1.54, 1.807) is 18.2 Å². The van der Waals surface area contributed by atoms with Crippen LogP contribution in [0.3, 0.4) is 0 Å². The third kappa shape index (κ3) is 3.87. The quantitative estimate of drug-likeness (QED) is 0.598. The van der Waals surface area contributed by atoms with Gasteiger partial charge in [-0.1, -0.05) is 38.0 Å². The van der Waals surface area contributed by atoms with Gasteiger partial charge in [0.2, 0.25) is 5.91 Å². The van der Waals surface area contributed by atoms with Crippen molar-refractivity contribution >= 4 is 28.1 Å². The van der Waals surface area contributed by atoms with Crippen LogP contribution in [-0.4, -0.2) is 21.1 Å². The largest absolute Gasteiger partial charge is 0.366 e. The number of hydrogen-bond acceptors (Lipinski definition) is 3. The van der Waals surface area contributed by atoms with Gasteiger partial charge in [0, 0.05) is 11.0 Å². The third-order valence-corrected chi connectivity index (χ3v) is 3.44. The van der Waals surface area contributed by atoms with Crippen molar-refractivity contribution in [3.63, 3.8) is 0 Å². The molecule has 0 aliphatic carbocycles. The Labute approximate surface area is 144 Å². The number of H-pyrrole nitrogens is 1. The van der Waals surface area contributed by atoms with Gasteiger partial charge in [-0.15, -0.1) is 0 Å². The summed E-state index contributed by atoms with van der Waals surface area (Å²) in [7, 11) is 0. The molecule has 0 bridgehead atoms. The number of rotatable bonds is 7. The fourth-order valence-electron chi connectivity index (χ4n) is 2.18. The molecule has 3 N–H and O–H groups in total. The smallest absolute Gasteiger partial charge is 0.248 e. The van der Waals surface area contributed by atoms with Crippen LogP contribution >= 0.6 is 0 Å². The number of fused-ring (bicyclic) bond motifs is 1. The van der Waals surface area contributed by atoms with E-state index in [1.165, 1.54) is 18.2 Å². The molecule has 126 valence electrons. The number of halogens is 1. The lowest BCUT2D eigenvalue weighted by Crippen LogP contribution is -2.12. The van der Waals surface area contributed by atoms with Crippen molar-refractivity contribution in [2.75, 3.05) is 0 Å². The van der Waals surface area contributed by atoms with Crippen molar-refractivity contribution in [1.82, 2.24) is 15.2 Å². The average molecular weight is 336 g/mol. The van der Waals surface area contributed by atoms with Crippen LogP contribution in [-0.2, 0) is 4.79 Å². The highest BCUT2D eigenvalue weighted by Gasteiger charge is 2.11. The summed E-state index contributed by atoms with van der Waals surface area (Å²) in [5, 5.41) is 7.77. The van der Waals surface area contributed by atoms with Crippen molar-refractivity contribution in [3.8, 4) is 0 Å². The summed E-state index contributed by atoms with van der Waals surface area (Å²) in [4.78, 5) is 15.7. The number of aromatic amines is 1. The first-order chi connectivity index (χ1) is 12.0. The summed E-state index contributed by atoms with van der Waals surface area (Å²) in [5.41, 5.74) is 8.34. The standard InChI is InChI=1S/C19H17FN4O/c1-4-13(7-6-10-20)17-15-8-9-16(22-19(15)24-23-17)12(3)11-14(5-2)18(21)25/h4-11H,1-3H2,(H2,21,25)(H,22,23,24)/b10-6+,13-7+,14-11+. The fourth-order valence-corrected chi connectivity index (χ4v) is 2.18. The zero-order valence-corrected chi connectivity index (χ0v) is 13.5. The first-order valence-corrected chi connectivity index (χ1v) is 7.30. The van der Waals surface area contributed by atoms with Crippen LogP contribution in [0.1, 0.15) is 11.4 Å². The number of amides is 1. The minimum absolute atomic E-state index is 0.240. The molecule has 0 aliphatic heterocycles. The van der Waals surface area contributed by atoms with Gasteiger partial charge < -0.3 is 5.73 Å². The molecule has 25 heavy (non-hydrogen) atoms. The maximum atomic E-state index is 12.2. The summed E-state index contributed by atoms with van der Waals surface area (Å²) < 4.78 is 12.2. The number of allylic oxidation sites excluding steroid dienone is 6. The summed E-state index contributed by atoms with van der Waals surface area (Å²) >= 11 is 0. The second kappa shape index (κ2) is 7.83. The lowest BCUT2D eigenvalue weighted by Gasteiger charge is -2.02. The number of carbonyl (C=O) groups excluding carboxylic acids is 1. The van der Waals surface area contributed by atoms with E-state index in [0.29, 0.717) is 34.5 Å². The minimum atomic E-state index is -0.596. The van der Waals surface area contributed by atoms with Gasteiger partial charge >= 0.3 is 0 Å². The van der Waals surface area contributed by atoms with Crippen molar-refractivity contribution in [1.29, 1.82) is 0 Å². The van der Waals surface area contributed by atoms with Crippen LogP contribution in [0.25, 0.3) is 22.2 Å². The normalized spacial score (nSPS) is 12.5. The van der Waals surface area contributed by atoms with E-state index in [0.717, 1.165) is 5.39 Å². The summed E-state index contributed by atoms with van der Waals surface area (Å²) in [6.07, 6.45) is 7.73. The molecule has 6 heteroatoms. The van der Waals surface area contributed by atoms with Gasteiger partial charge in [0.05, 0.1) is 17.7 Å². The number of carbonyl (C=O) groups is 1. The fraction of sp³-hybridized carbons (Fsp3) is 0. The van der Waals surface area contributed by atoms with Crippen LogP contribution < -0.4 is 5.73 Å². The Morgan fingerprint density at radius 1 is 1.28 bits per heavy atom. The van der Waals surface area contributed by atoms with Gasteiger partial charge in [-0.05, 0) is 35.4 Å². The summed E-state index contributed by atoms with van der Waals surface area (Å²) in [5.74, 6) is -0.596. The molecule has 1 amide bonds. The Kier molecular flexibility index (Phi) is 5.58. The van der Waals surface area contributed by atoms with Gasteiger partial charge in [0.1, 0.15) is 0 Å². The number of hydrogen-bond donors (Lipinski definition) is 2. The van der Waals surface area contributed by atoms with Crippen molar-refractivity contribution in [2.45, 2.75) is 0 Å². The second-order valence-electron chi connectivity index (χ2n) is 5.00. The molecule has 0 saturated carbocycles.